The van der Waals surface area contributed by atoms with Crippen LogP contribution in [0.1, 0.15) is 13.3 Å². The number of hydrogen-bond donors (Lipinski definition) is 0. The second-order valence-electron chi connectivity index (χ2n) is 2.27. The van der Waals surface area contributed by atoms with Crippen molar-refractivity contribution in [2.45, 2.75) is 19.5 Å². The maximum absolute atomic E-state index is 11.6. The number of hydrogen-bond acceptors (Lipinski definition) is 3. The summed E-state index contributed by atoms with van der Waals surface area (Å²) in [4.78, 5) is 20.7. The van der Waals surface area contributed by atoms with E-state index in [-0.39, 0.29) is 5.76 Å². The second kappa shape index (κ2) is 4.06. The standard InChI is InChI=1S/C7H7F3O3/c1-4(2)13-6(12)3-5(11)7(8,9)10/h1,3H2,2H3. The molecule has 3 nitrogen and oxygen atoms in total. The smallest absolute Gasteiger partial charge is 0.432 e. The van der Waals surface area contributed by atoms with Gasteiger partial charge in [-0.1, -0.05) is 6.58 Å². The van der Waals surface area contributed by atoms with Gasteiger partial charge < -0.3 is 4.74 Å². The molecular weight excluding hydrogens is 189 g/mol. The summed E-state index contributed by atoms with van der Waals surface area (Å²) in [5, 5.41) is 0. The largest absolute Gasteiger partial charge is 0.450 e. The third kappa shape index (κ3) is 5.00. The van der Waals surface area contributed by atoms with Crippen molar-refractivity contribution in [2.75, 3.05) is 0 Å². The minimum Gasteiger partial charge on any atom is -0.432 e. The van der Waals surface area contributed by atoms with E-state index in [4.69, 9.17) is 0 Å². The zero-order valence-corrected chi connectivity index (χ0v) is 6.77. The average Bonchev–Trinajstić information content (AvgIpc) is 1.82. The molecule has 6 heteroatoms. The predicted octanol–water partition coefficient (Wildman–Crippen LogP) is 1.58. The van der Waals surface area contributed by atoms with E-state index in [1.54, 1.807) is 0 Å². The first kappa shape index (κ1) is 11.7. The molecule has 0 heterocycles. The molecule has 0 fully saturated rings. The van der Waals surface area contributed by atoms with Crippen molar-refractivity contribution in [3.8, 4) is 0 Å². The van der Waals surface area contributed by atoms with Gasteiger partial charge in [-0.15, -0.1) is 0 Å². The quantitative estimate of drug-likeness (QED) is 0.391. The molecule has 74 valence electrons. The van der Waals surface area contributed by atoms with Gasteiger partial charge in [-0.2, -0.15) is 13.2 Å². The minimum atomic E-state index is -4.99. The highest BCUT2D eigenvalue weighted by Crippen LogP contribution is 2.18. The van der Waals surface area contributed by atoms with Crippen molar-refractivity contribution >= 4 is 11.8 Å². The van der Waals surface area contributed by atoms with Crippen LogP contribution in [0, 0.1) is 0 Å². The van der Waals surface area contributed by atoms with Gasteiger partial charge in [0.05, 0.1) is 5.76 Å². The van der Waals surface area contributed by atoms with Gasteiger partial charge in [-0.05, 0) is 6.92 Å². The molecule has 0 amide bonds. The minimum absolute atomic E-state index is 0.0556. The number of Topliss-reactive ketones (excluding diaryl/α,β-unsaturated/α-hetero) is 1. The normalized spacial score (nSPS) is 10.8. The first-order valence-corrected chi connectivity index (χ1v) is 3.19. The van der Waals surface area contributed by atoms with Crippen LogP contribution >= 0.6 is 0 Å². The summed E-state index contributed by atoms with van der Waals surface area (Å²) in [6.45, 7) is 4.42. The van der Waals surface area contributed by atoms with Gasteiger partial charge in [0.1, 0.15) is 6.42 Å². The molecule has 0 N–H and O–H groups in total. The number of carbonyl (C=O) groups excluding carboxylic acids is 2. The van der Waals surface area contributed by atoms with E-state index < -0.39 is 24.3 Å². The van der Waals surface area contributed by atoms with Crippen LogP contribution in [0.3, 0.4) is 0 Å². The van der Waals surface area contributed by atoms with Crippen LogP contribution in [0.4, 0.5) is 13.2 Å². The highest BCUT2D eigenvalue weighted by molar-refractivity contribution is 5.98. The van der Waals surface area contributed by atoms with Crippen molar-refractivity contribution in [1.29, 1.82) is 0 Å². The lowest BCUT2D eigenvalue weighted by Gasteiger charge is -2.04. The molecule has 13 heavy (non-hydrogen) atoms. The molecule has 0 unspecified atom stereocenters. The van der Waals surface area contributed by atoms with Gasteiger partial charge >= 0.3 is 12.1 Å². The lowest BCUT2D eigenvalue weighted by molar-refractivity contribution is -0.174. The van der Waals surface area contributed by atoms with Crippen LogP contribution in [0.25, 0.3) is 0 Å². The zero-order valence-electron chi connectivity index (χ0n) is 6.77. The molecule has 0 saturated carbocycles. The van der Waals surface area contributed by atoms with Gasteiger partial charge in [0.25, 0.3) is 0 Å². The monoisotopic (exact) mass is 196 g/mol. The highest BCUT2D eigenvalue weighted by Gasteiger charge is 2.39. The molecule has 0 spiro atoms. The molecule has 0 saturated heterocycles. The SMILES string of the molecule is C=C(C)OC(=O)CC(=O)C(F)(F)F. The van der Waals surface area contributed by atoms with E-state index in [9.17, 15) is 22.8 Å². The molecule has 0 rings (SSSR count). The maximum Gasteiger partial charge on any atom is 0.450 e. The summed E-state index contributed by atoms with van der Waals surface area (Å²) >= 11 is 0. The second-order valence-corrected chi connectivity index (χ2v) is 2.27. The summed E-state index contributed by atoms with van der Waals surface area (Å²) in [6, 6.07) is 0. The Morgan fingerprint density at radius 3 is 2.15 bits per heavy atom. The van der Waals surface area contributed by atoms with E-state index in [0.717, 1.165) is 0 Å². The van der Waals surface area contributed by atoms with Crippen LogP contribution in [0.15, 0.2) is 12.3 Å². The van der Waals surface area contributed by atoms with Gasteiger partial charge in [0.2, 0.25) is 5.78 Å². The van der Waals surface area contributed by atoms with Crippen molar-refractivity contribution < 1.29 is 27.5 Å². The molecule has 0 aliphatic rings. The van der Waals surface area contributed by atoms with Gasteiger partial charge in [0.15, 0.2) is 0 Å². The third-order valence-electron chi connectivity index (χ3n) is 0.909. The fourth-order valence-corrected chi connectivity index (χ4v) is 0.462. The van der Waals surface area contributed by atoms with Crippen LogP contribution in [-0.2, 0) is 14.3 Å². The molecule has 0 radical (unpaired) electrons. The number of carbonyl (C=O) groups is 2. The van der Waals surface area contributed by atoms with Gasteiger partial charge in [-0.25, -0.2) is 0 Å². The topological polar surface area (TPSA) is 43.4 Å². The number of rotatable bonds is 3. The molecular formula is C7H7F3O3. The number of ether oxygens (including phenoxy) is 1. The molecule has 0 aliphatic carbocycles. The number of esters is 1. The number of halogens is 3. The third-order valence-corrected chi connectivity index (χ3v) is 0.909. The number of ketones is 1. The Hall–Kier alpha value is -1.33. The van der Waals surface area contributed by atoms with Crippen LogP contribution < -0.4 is 0 Å². The summed E-state index contributed by atoms with van der Waals surface area (Å²) in [6.07, 6.45) is -6.30. The van der Waals surface area contributed by atoms with Crippen molar-refractivity contribution in [2.24, 2.45) is 0 Å². The highest BCUT2D eigenvalue weighted by atomic mass is 19.4. The molecule has 0 aromatic carbocycles. The molecule has 0 atom stereocenters. The first-order valence-electron chi connectivity index (χ1n) is 3.19. The zero-order chi connectivity index (χ0) is 10.6. The Morgan fingerprint density at radius 2 is 1.85 bits per heavy atom. The Balaban J connectivity index is 4.08. The van der Waals surface area contributed by atoms with E-state index in [1.807, 2.05) is 0 Å². The Morgan fingerprint density at radius 1 is 1.38 bits per heavy atom. The Bertz CT molecular complexity index is 242. The fourth-order valence-electron chi connectivity index (χ4n) is 0.462. The van der Waals surface area contributed by atoms with Crippen molar-refractivity contribution in [1.82, 2.24) is 0 Å². The lowest BCUT2D eigenvalue weighted by Crippen LogP contribution is -2.25. The Labute approximate surface area is 72.2 Å². The van der Waals surface area contributed by atoms with Crippen LogP contribution in [0.2, 0.25) is 0 Å². The summed E-state index contributed by atoms with van der Waals surface area (Å²) in [7, 11) is 0. The van der Waals surface area contributed by atoms with Crippen LogP contribution in [0.5, 0.6) is 0 Å². The lowest BCUT2D eigenvalue weighted by atomic mass is 10.3. The molecule has 0 aliphatic heterocycles. The molecule has 0 aromatic rings. The summed E-state index contributed by atoms with van der Waals surface area (Å²) in [5.41, 5.74) is 0. The number of alkyl halides is 3. The average molecular weight is 196 g/mol. The van der Waals surface area contributed by atoms with E-state index in [2.05, 4.69) is 11.3 Å². The fraction of sp³-hybridized carbons (Fsp3) is 0.429. The maximum atomic E-state index is 11.6. The van der Waals surface area contributed by atoms with E-state index in [1.165, 1.54) is 6.92 Å². The van der Waals surface area contributed by atoms with Crippen molar-refractivity contribution in [3.63, 3.8) is 0 Å². The van der Waals surface area contributed by atoms with Crippen LogP contribution in [-0.4, -0.2) is 17.9 Å². The van der Waals surface area contributed by atoms with E-state index in [0.29, 0.717) is 0 Å². The van der Waals surface area contributed by atoms with E-state index >= 15 is 0 Å². The predicted molar refractivity (Wildman–Crippen MR) is 36.6 cm³/mol. The molecule has 0 aromatic heterocycles. The Kier molecular flexibility index (Phi) is 3.65. The van der Waals surface area contributed by atoms with Crippen molar-refractivity contribution in [3.05, 3.63) is 12.3 Å². The van der Waals surface area contributed by atoms with Gasteiger partial charge in [0, 0.05) is 0 Å². The molecule has 0 bridgehead atoms. The summed E-state index contributed by atoms with van der Waals surface area (Å²) < 4.78 is 38.9. The summed E-state index contributed by atoms with van der Waals surface area (Å²) in [5.74, 6) is -3.44. The number of allylic oxidation sites excluding steroid dienone is 1. The first-order chi connectivity index (χ1) is 5.73. The van der Waals surface area contributed by atoms with Gasteiger partial charge in [-0.3, -0.25) is 9.59 Å².